The minimum Gasteiger partial charge on any atom is -0.370 e. The second-order valence-corrected chi connectivity index (χ2v) is 10.7. The summed E-state index contributed by atoms with van der Waals surface area (Å²) in [6.07, 6.45) is 2.60. The number of anilines is 3. The number of rotatable bonds is 5. The molecule has 3 fully saturated rings. The summed E-state index contributed by atoms with van der Waals surface area (Å²) >= 11 is 0. The van der Waals surface area contributed by atoms with Gasteiger partial charge in [-0.3, -0.25) is 9.88 Å². The van der Waals surface area contributed by atoms with Gasteiger partial charge in [-0.2, -0.15) is 10.2 Å². The number of hydrogen-bond acceptors (Lipinski definition) is 10. The largest absolute Gasteiger partial charge is 0.370 e. The summed E-state index contributed by atoms with van der Waals surface area (Å²) in [5.74, 6) is 1.41. The van der Waals surface area contributed by atoms with E-state index in [9.17, 15) is 9.65 Å². The van der Waals surface area contributed by atoms with Crippen molar-refractivity contribution in [2.45, 2.75) is 31.3 Å². The van der Waals surface area contributed by atoms with Crippen molar-refractivity contribution in [3.63, 3.8) is 0 Å². The summed E-state index contributed by atoms with van der Waals surface area (Å²) in [6.45, 7) is 8.71. The molecule has 3 aliphatic rings. The molecule has 3 aliphatic heterocycles. The van der Waals surface area contributed by atoms with Crippen LogP contribution in [0.2, 0.25) is 0 Å². The monoisotopic (exact) mass is 531 g/mol. The third kappa shape index (κ3) is 5.32. The van der Waals surface area contributed by atoms with Crippen LogP contribution < -0.4 is 20.4 Å². The van der Waals surface area contributed by atoms with Crippen LogP contribution in [0.4, 0.5) is 21.8 Å². The first-order valence-electron chi connectivity index (χ1n) is 13.6. The number of piperazine rings is 1. The first-order valence-corrected chi connectivity index (χ1v) is 13.6. The molecule has 2 N–H and O–H groups in total. The second kappa shape index (κ2) is 10.9. The Kier molecular flexibility index (Phi) is 7.16. The topological polar surface area (TPSA) is 111 Å². The zero-order valence-corrected chi connectivity index (χ0v) is 22.2. The molecule has 1 aromatic carbocycles. The van der Waals surface area contributed by atoms with Gasteiger partial charge in [0.05, 0.1) is 35.9 Å². The van der Waals surface area contributed by atoms with E-state index in [2.05, 4.69) is 37.7 Å². The lowest BCUT2D eigenvalue weighted by atomic mass is 10.1. The third-order valence-electron chi connectivity index (χ3n) is 7.89. The molecule has 5 heterocycles. The van der Waals surface area contributed by atoms with Gasteiger partial charge in [0.2, 0.25) is 5.95 Å². The van der Waals surface area contributed by atoms with Crippen molar-refractivity contribution in [1.82, 2.24) is 19.9 Å². The number of aromatic nitrogens is 3. The van der Waals surface area contributed by atoms with Gasteiger partial charge < -0.3 is 25.2 Å². The van der Waals surface area contributed by atoms with Crippen molar-refractivity contribution >= 4 is 28.4 Å². The Morgan fingerprint density at radius 1 is 1.00 bits per heavy atom. The van der Waals surface area contributed by atoms with Gasteiger partial charge in [-0.1, -0.05) is 0 Å². The van der Waals surface area contributed by atoms with Gasteiger partial charge in [-0.15, -0.1) is 0 Å². The highest BCUT2D eigenvalue weighted by Crippen LogP contribution is 2.30. The van der Waals surface area contributed by atoms with Crippen LogP contribution >= 0.6 is 0 Å². The molecule has 4 atom stereocenters. The predicted octanol–water partition coefficient (Wildman–Crippen LogP) is 1.80. The number of nitrogens with zero attached hydrogens (tertiary/aromatic N) is 8. The zero-order chi connectivity index (χ0) is 26.9. The van der Waals surface area contributed by atoms with E-state index >= 15 is 0 Å². The molecule has 1 unspecified atom stereocenters. The first kappa shape index (κ1) is 25.7. The van der Waals surface area contributed by atoms with Gasteiger partial charge in [0, 0.05) is 75.8 Å². The highest BCUT2D eigenvalue weighted by Gasteiger charge is 2.32. The summed E-state index contributed by atoms with van der Waals surface area (Å²) < 4.78 is 20.3. The lowest BCUT2D eigenvalue weighted by Gasteiger charge is -2.42. The fourth-order valence-corrected chi connectivity index (χ4v) is 5.93. The summed E-state index contributed by atoms with van der Waals surface area (Å²) in [5, 5.41) is 10.5. The Hall–Kier alpha value is -3.59. The SMILES string of the molecule is C[C@@H]1CN(c2ccc(C#N)c3ncccc23)C[C@H](CN2CCN(c3ccnc(N4CC(F)[C@@H](N)C4)n3)CC2)O1. The van der Waals surface area contributed by atoms with Crippen LogP contribution in [-0.2, 0) is 4.74 Å². The van der Waals surface area contributed by atoms with E-state index in [1.807, 2.05) is 35.2 Å². The number of nitriles is 1. The van der Waals surface area contributed by atoms with E-state index < -0.39 is 12.2 Å². The van der Waals surface area contributed by atoms with E-state index in [4.69, 9.17) is 15.5 Å². The van der Waals surface area contributed by atoms with Gasteiger partial charge in [0.15, 0.2) is 0 Å². The quantitative estimate of drug-likeness (QED) is 0.523. The zero-order valence-electron chi connectivity index (χ0n) is 22.2. The first-order chi connectivity index (χ1) is 19.0. The molecule has 3 saturated heterocycles. The van der Waals surface area contributed by atoms with Crippen LogP contribution in [0.25, 0.3) is 10.9 Å². The number of benzene rings is 1. The standard InChI is InChI=1S/C28H34FN9O/c1-19-14-37(25-5-4-20(13-30)27-22(25)3-2-7-32-27)16-21(39-19)15-35-9-11-36(12-10-35)26-6-8-33-28(34-26)38-17-23(29)24(31)18-38/h2-8,19,21,23-24H,9-12,14-18,31H2,1H3/t19-,21+,23?,24+/m1/s1. The molecule has 0 aliphatic carbocycles. The van der Waals surface area contributed by atoms with Crippen LogP contribution in [0.15, 0.2) is 42.7 Å². The molecular weight excluding hydrogens is 497 g/mol. The van der Waals surface area contributed by atoms with Crippen LogP contribution in [0.5, 0.6) is 0 Å². The third-order valence-corrected chi connectivity index (χ3v) is 7.89. The minimum absolute atomic E-state index is 0.0707. The maximum atomic E-state index is 13.9. The van der Waals surface area contributed by atoms with Crippen LogP contribution in [0, 0.1) is 11.3 Å². The molecule has 3 aromatic rings. The molecule has 6 rings (SSSR count). The Morgan fingerprint density at radius 3 is 2.62 bits per heavy atom. The summed E-state index contributed by atoms with van der Waals surface area (Å²) in [7, 11) is 0. The molecule has 0 bridgehead atoms. The fourth-order valence-electron chi connectivity index (χ4n) is 5.93. The Balaban J connectivity index is 1.08. The Morgan fingerprint density at radius 2 is 1.85 bits per heavy atom. The molecule has 2 aromatic heterocycles. The molecular formula is C28H34FN9O. The van der Waals surface area contributed by atoms with E-state index in [0.29, 0.717) is 18.1 Å². The molecule has 0 spiro atoms. The van der Waals surface area contributed by atoms with E-state index in [1.54, 1.807) is 12.4 Å². The van der Waals surface area contributed by atoms with Crippen molar-refractivity contribution in [2.75, 3.05) is 73.6 Å². The molecule has 0 radical (unpaired) electrons. The van der Waals surface area contributed by atoms with Gasteiger partial charge >= 0.3 is 0 Å². The molecule has 204 valence electrons. The summed E-state index contributed by atoms with van der Waals surface area (Å²) in [4.78, 5) is 22.5. The predicted molar refractivity (Wildman–Crippen MR) is 149 cm³/mol. The van der Waals surface area contributed by atoms with E-state index in [-0.39, 0.29) is 18.8 Å². The number of halogens is 1. The highest BCUT2D eigenvalue weighted by atomic mass is 19.1. The smallest absolute Gasteiger partial charge is 0.227 e. The Labute approximate surface area is 227 Å². The molecule has 10 nitrogen and oxygen atoms in total. The number of ether oxygens (including phenoxy) is 1. The lowest BCUT2D eigenvalue weighted by molar-refractivity contribution is -0.0327. The number of nitrogens with two attached hydrogens (primary N) is 1. The summed E-state index contributed by atoms with van der Waals surface area (Å²) in [5.41, 5.74) is 8.29. The second-order valence-electron chi connectivity index (χ2n) is 10.7. The van der Waals surface area contributed by atoms with Crippen LogP contribution in [0.1, 0.15) is 12.5 Å². The van der Waals surface area contributed by atoms with Gasteiger partial charge in [-0.25, -0.2) is 9.37 Å². The minimum atomic E-state index is -1.05. The number of alkyl halides is 1. The van der Waals surface area contributed by atoms with Crippen molar-refractivity contribution in [3.05, 3.63) is 48.3 Å². The molecule has 11 heteroatoms. The molecule has 0 saturated carbocycles. The number of morpholine rings is 1. The van der Waals surface area contributed by atoms with Crippen molar-refractivity contribution < 1.29 is 9.13 Å². The van der Waals surface area contributed by atoms with Crippen molar-refractivity contribution in [2.24, 2.45) is 5.73 Å². The van der Waals surface area contributed by atoms with E-state index in [0.717, 1.165) is 68.2 Å². The molecule has 0 amide bonds. The normalized spacial score (nSPS) is 26.3. The van der Waals surface area contributed by atoms with Crippen LogP contribution in [0.3, 0.4) is 0 Å². The number of fused-ring (bicyclic) bond motifs is 1. The van der Waals surface area contributed by atoms with Gasteiger partial charge in [0.1, 0.15) is 18.1 Å². The Bertz CT molecular complexity index is 1350. The van der Waals surface area contributed by atoms with E-state index in [1.165, 1.54) is 0 Å². The number of hydrogen-bond donors (Lipinski definition) is 1. The average molecular weight is 532 g/mol. The number of pyridine rings is 1. The van der Waals surface area contributed by atoms with Gasteiger partial charge in [0.25, 0.3) is 0 Å². The maximum absolute atomic E-state index is 13.9. The average Bonchev–Trinajstić information content (AvgIpc) is 3.30. The lowest BCUT2D eigenvalue weighted by Crippen LogP contribution is -2.54. The van der Waals surface area contributed by atoms with Crippen molar-refractivity contribution in [3.8, 4) is 6.07 Å². The van der Waals surface area contributed by atoms with Crippen molar-refractivity contribution in [1.29, 1.82) is 5.26 Å². The summed E-state index contributed by atoms with van der Waals surface area (Å²) in [6, 6.07) is 11.6. The van der Waals surface area contributed by atoms with Gasteiger partial charge in [-0.05, 0) is 37.3 Å². The maximum Gasteiger partial charge on any atom is 0.227 e. The molecule has 39 heavy (non-hydrogen) atoms. The van der Waals surface area contributed by atoms with Crippen LogP contribution in [-0.4, -0.2) is 103 Å². The fraction of sp³-hybridized carbons (Fsp3) is 0.500. The highest BCUT2D eigenvalue weighted by molar-refractivity contribution is 5.95.